The lowest BCUT2D eigenvalue weighted by atomic mass is 10.2. The minimum atomic E-state index is -0.425. The first kappa shape index (κ1) is 12.2. The van der Waals surface area contributed by atoms with E-state index in [-0.39, 0.29) is 18.3 Å². The Morgan fingerprint density at radius 3 is 2.72 bits per heavy atom. The monoisotopic (exact) mass is 248 g/mol. The second-order valence-electron chi connectivity index (χ2n) is 3.74. The maximum atomic E-state index is 11.2. The van der Waals surface area contributed by atoms with Crippen LogP contribution in [0, 0.1) is 0 Å². The van der Waals surface area contributed by atoms with Crippen molar-refractivity contribution >= 4 is 22.7 Å². The number of fused-ring (bicyclic) bond motifs is 1. The molecule has 5 nitrogen and oxygen atoms in total. The summed E-state index contributed by atoms with van der Waals surface area (Å²) in [5.74, 6) is 0.123. The van der Waals surface area contributed by atoms with E-state index < -0.39 is 5.97 Å². The first-order valence-corrected chi connectivity index (χ1v) is 5.37. The number of rotatable bonds is 4. The Balaban J connectivity index is 2.27. The smallest absolute Gasteiger partial charge is 0.305 e. The Kier molecular flexibility index (Phi) is 3.32. The molecule has 0 bridgehead atoms. The van der Waals surface area contributed by atoms with Crippen LogP contribution in [0.25, 0.3) is 11.0 Å². The normalized spacial score (nSPS) is 10.3. The molecular formula is C13H12O5. The summed E-state index contributed by atoms with van der Waals surface area (Å²) in [6.45, 7) is 2.53. The van der Waals surface area contributed by atoms with E-state index in [1.807, 2.05) is 6.07 Å². The lowest BCUT2D eigenvalue weighted by Crippen LogP contribution is -2.06. The van der Waals surface area contributed by atoms with E-state index >= 15 is 0 Å². The summed E-state index contributed by atoms with van der Waals surface area (Å²) >= 11 is 0. The molecule has 2 aromatic rings. The molecule has 0 radical (unpaired) electrons. The Bertz CT molecular complexity index is 596. The van der Waals surface area contributed by atoms with Crippen LogP contribution in [0.5, 0.6) is 5.75 Å². The summed E-state index contributed by atoms with van der Waals surface area (Å²) in [6, 6.07) is 6.91. The highest BCUT2D eigenvalue weighted by Gasteiger charge is 2.11. The van der Waals surface area contributed by atoms with E-state index in [9.17, 15) is 9.59 Å². The maximum Gasteiger partial charge on any atom is 0.305 e. The van der Waals surface area contributed by atoms with Crippen LogP contribution in [0.4, 0.5) is 0 Å². The summed E-state index contributed by atoms with van der Waals surface area (Å²) < 4.78 is 15.4. The third-order valence-corrected chi connectivity index (χ3v) is 2.33. The lowest BCUT2D eigenvalue weighted by molar-refractivity contribution is -0.147. The van der Waals surface area contributed by atoms with Gasteiger partial charge in [-0.15, -0.1) is 0 Å². The number of hydrogen-bond donors (Lipinski definition) is 0. The average molecular weight is 248 g/mol. The fourth-order valence-electron chi connectivity index (χ4n) is 1.50. The molecule has 0 aliphatic carbocycles. The third-order valence-electron chi connectivity index (χ3n) is 2.33. The number of Topliss-reactive ketones (excluding diaryl/α,β-unsaturated/α-hetero) is 1. The molecule has 1 aromatic carbocycles. The summed E-state index contributed by atoms with van der Waals surface area (Å²) in [6.07, 6.45) is 0. The van der Waals surface area contributed by atoms with Crippen molar-refractivity contribution in [2.24, 2.45) is 0 Å². The van der Waals surface area contributed by atoms with Gasteiger partial charge in [0.15, 0.2) is 22.9 Å². The Morgan fingerprint density at radius 2 is 2.06 bits per heavy atom. The lowest BCUT2D eigenvalue weighted by Gasteiger charge is -2.05. The minimum Gasteiger partial charge on any atom is -0.453 e. The molecule has 0 spiro atoms. The number of para-hydroxylation sites is 1. The largest absolute Gasteiger partial charge is 0.453 e. The Morgan fingerprint density at radius 1 is 1.28 bits per heavy atom. The van der Waals surface area contributed by atoms with Gasteiger partial charge >= 0.3 is 5.97 Å². The van der Waals surface area contributed by atoms with Crippen molar-refractivity contribution in [3.05, 3.63) is 30.0 Å². The van der Waals surface area contributed by atoms with Gasteiger partial charge in [0.05, 0.1) is 0 Å². The highest BCUT2D eigenvalue weighted by Crippen LogP contribution is 2.28. The Hall–Kier alpha value is -2.30. The minimum absolute atomic E-state index is 0.155. The van der Waals surface area contributed by atoms with Crippen molar-refractivity contribution in [1.29, 1.82) is 0 Å². The first-order chi connectivity index (χ1) is 8.58. The molecule has 5 heteroatoms. The zero-order chi connectivity index (χ0) is 13.1. The molecule has 0 N–H and O–H groups in total. The number of hydrogen-bond acceptors (Lipinski definition) is 5. The molecule has 2 rings (SSSR count). The number of esters is 1. The van der Waals surface area contributed by atoms with E-state index in [0.717, 1.165) is 5.39 Å². The molecule has 0 saturated heterocycles. The number of furan rings is 1. The molecule has 1 heterocycles. The van der Waals surface area contributed by atoms with Gasteiger partial charge in [-0.25, -0.2) is 0 Å². The zero-order valence-electron chi connectivity index (χ0n) is 10.1. The Labute approximate surface area is 103 Å². The van der Waals surface area contributed by atoms with Crippen LogP contribution in [0.3, 0.4) is 0 Å². The molecule has 18 heavy (non-hydrogen) atoms. The number of carbonyl (C=O) groups excluding carboxylic acids is 2. The first-order valence-electron chi connectivity index (χ1n) is 5.37. The molecule has 0 saturated carbocycles. The van der Waals surface area contributed by atoms with Gasteiger partial charge in [-0.05, 0) is 12.1 Å². The van der Waals surface area contributed by atoms with Crippen LogP contribution in [0.1, 0.15) is 24.4 Å². The standard InChI is InChI=1S/C13H12O5/c1-8(14)12-6-10-4-3-5-11(13(10)18-12)17-7-16-9(2)15/h3-6H,7H2,1-2H3. The summed E-state index contributed by atoms with van der Waals surface area (Å²) in [5, 5.41) is 0.764. The van der Waals surface area contributed by atoms with Gasteiger partial charge < -0.3 is 13.9 Å². The van der Waals surface area contributed by atoms with Crippen molar-refractivity contribution in [1.82, 2.24) is 0 Å². The van der Waals surface area contributed by atoms with Crippen molar-refractivity contribution in [2.45, 2.75) is 13.8 Å². The molecule has 0 unspecified atom stereocenters. The highest BCUT2D eigenvalue weighted by molar-refractivity contribution is 5.97. The number of ketones is 1. The molecule has 0 fully saturated rings. The summed E-state index contributed by atoms with van der Waals surface area (Å²) in [7, 11) is 0. The molecule has 0 aliphatic rings. The van der Waals surface area contributed by atoms with Gasteiger partial charge in [-0.2, -0.15) is 0 Å². The number of carbonyl (C=O) groups is 2. The van der Waals surface area contributed by atoms with Gasteiger partial charge in [0, 0.05) is 19.2 Å². The highest BCUT2D eigenvalue weighted by atomic mass is 16.7. The zero-order valence-corrected chi connectivity index (χ0v) is 10.1. The fourth-order valence-corrected chi connectivity index (χ4v) is 1.50. The van der Waals surface area contributed by atoms with Gasteiger partial charge in [-0.3, -0.25) is 9.59 Å². The SMILES string of the molecule is CC(=O)OCOc1cccc2cc(C(C)=O)oc12. The van der Waals surface area contributed by atoms with E-state index in [0.29, 0.717) is 11.3 Å². The van der Waals surface area contributed by atoms with Crippen molar-refractivity contribution in [3.8, 4) is 5.75 Å². The maximum absolute atomic E-state index is 11.2. The van der Waals surface area contributed by atoms with Crippen LogP contribution >= 0.6 is 0 Å². The second-order valence-corrected chi connectivity index (χ2v) is 3.74. The topological polar surface area (TPSA) is 65.7 Å². The average Bonchev–Trinajstić information content (AvgIpc) is 2.73. The second kappa shape index (κ2) is 4.91. The predicted octanol–water partition coefficient (Wildman–Crippen LogP) is 2.53. The van der Waals surface area contributed by atoms with Crippen molar-refractivity contribution in [3.63, 3.8) is 0 Å². The molecular weight excluding hydrogens is 236 g/mol. The van der Waals surface area contributed by atoms with Crippen molar-refractivity contribution < 1.29 is 23.5 Å². The number of ether oxygens (including phenoxy) is 2. The van der Waals surface area contributed by atoms with Gasteiger partial charge in [-0.1, -0.05) is 12.1 Å². The van der Waals surface area contributed by atoms with Gasteiger partial charge in [0.2, 0.25) is 6.79 Å². The van der Waals surface area contributed by atoms with Crippen LogP contribution in [0.2, 0.25) is 0 Å². The van der Waals surface area contributed by atoms with Gasteiger partial charge in [0.25, 0.3) is 0 Å². The van der Waals surface area contributed by atoms with E-state index in [1.54, 1.807) is 18.2 Å². The van der Waals surface area contributed by atoms with Crippen LogP contribution in [-0.4, -0.2) is 18.5 Å². The van der Waals surface area contributed by atoms with Gasteiger partial charge in [0.1, 0.15) is 0 Å². The summed E-state index contributed by atoms with van der Waals surface area (Å²) in [4.78, 5) is 21.8. The predicted molar refractivity (Wildman–Crippen MR) is 63.5 cm³/mol. The molecule has 1 aromatic heterocycles. The molecule has 0 atom stereocenters. The number of benzene rings is 1. The van der Waals surface area contributed by atoms with Crippen molar-refractivity contribution in [2.75, 3.05) is 6.79 Å². The van der Waals surface area contributed by atoms with Crippen LogP contribution in [-0.2, 0) is 9.53 Å². The summed E-state index contributed by atoms with van der Waals surface area (Å²) in [5.41, 5.74) is 0.467. The van der Waals surface area contributed by atoms with E-state index in [1.165, 1.54) is 13.8 Å². The van der Waals surface area contributed by atoms with E-state index in [2.05, 4.69) is 4.74 Å². The third kappa shape index (κ3) is 2.51. The molecule has 94 valence electrons. The van der Waals surface area contributed by atoms with Crippen LogP contribution in [0.15, 0.2) is 28.7 Å². The fraction of sp³-hybridized carbons (Fsp3) is 0.231. The molecule has 0 aliphatic heterocycles. The molecule has 0 amide bonds. The van der Waals surface area contributed by atoms with Crippen LogP contribution < -0.4 is 4.74 Å². The quantitative estimate of drug-likeness (QED) is 0.472. The van der Waals surface area contributed by atoms with E-state index in [4.69, 9.17) is 9.15 Å².